The minimum atomic E-state index is -3.85. The molecule has 158 valence electrons. The molecule has 1 aliphatic rings. The Kier molecular flexibility index (Phi) is 4.82. The topological polar surface area (TPSA) is 111 Å². The van der Waals surface area contributed by atoms with Gasteiger partial charge in [0.1, 0.15) is 6.04 Å². The highest BCUT2D eigenvalue weighted by Crippen LogP contribution is 2.28. The number of amides is 1. The summed E-state index contributed by atoms with van der Waals surface area (Å²) < 4.78 is 27.8. The zero-order chi connectivity index (χ0) is 21.8. The highest BCUT2D eigenvalue weighted by molar-refractivity contribution is 7.89. The first kappa shape index (κ1) is 20.1. The maximum atomic E-state index is 13.0. The van der Waals surface area contributed by atoms with Gasteiger partial charge in [-0.2, -0.15) is 17.6 Å². The Morgan fingerprint density at radius 2 is 2.03 bits per heavy atom. The molecule has 0 aliphatic carbocycles. The number of benzene rings is 2. The molecule has 0 fully saturated rings. The lowest BCUT2D eigenvalue weighted by Crippen LogP contribution is -2.35. The fraction of sp³-hybridized carbons (Fsp3) is 0.150. The molecule has 1 aliphatic heterocycles. The maximum Gasteiger partial charge on any atom is 0.283 e. The summed E-state index contributed by atoms with van der Waals surface area (Å²) in [4.78, 5) is 18.7. The Labute approximate surface area is 186 Å². The zero-order valence-corrected chi connectivity index (χ0v) is 18.4. The first-order valence-corrected chi connectivity index (χ1v) is 12.0. The molecule has 0 radical (unpaired) electrons. The third kappa shape index (κ3) is 3.51. The summed E-state index contributed by atoms with van der Waals surface area (Å²) in [7, 11) is -3.85. The molecule has 11 heteroatoms. The fourth-order valence-corrected chi connectivity index (χ4v) is 5.73. The van der Waals surface area contributed by atoms with E-state index < -0.39 is 16.1 Å². The van der Waals surface area contributed by atoms with Crippen molar-refractivity contribution in [2.24, 2.45) is 5.73 Å². The molecule has 0 bridgehead atoms. The number of fused-ring (bicyclic) bond motifs is 2. The molecule has 2 N–H and O–H groups in total. The summed E-state index contributed by atoms with van der Waals surface area (Å²) in [5.41, 5.74) is 10.4. The Bertz CT molecular complexity index is 1410. The SMILES string of the molecule is N[C@@H](C(=O)N1Cc2cn(S(=O)(=O)c3ccc4ncsc4c3)nc2C1)c1cccc(Cl)c1. The van der Waals surface area contributed by atoms with Crippen LogP contribution in [0.1, 0.15) is 22.9 Å². The predicted molar refractivity (Wildman–Crippen MR) is 117 cm³/mol. The molecule has 1 amide bonds. The average Bonchev–Trinajstić information content (AvgIpc) is 3.46. The van der Waals surface area contributed by atoms with Crippen molar-refractivity contribution in [2.75, 3.05) is 0 Å². The van der Waals surface area contributed by atoms with Crippen molar-refractivity contribution in [2.45, 2.75) is 24.0 Å². The monoisotopic (exact) mass is 473 g/mol. The number of hydrogen-bond donors (Lipinski definition) is 1. The van der Waals surface area contributed by atoms with Crippen molar-refractivity contribution in [3.05, 3.63) is 76.0 Å². The van der Waals surface area contributed by atoms with Gasteiger partial charge in [0.05, 0.1) is 32.9 Å². The van der Waals surface area contributed by atoms with E-state index in [4.69, 9.17) is 17.3 Å². The van der Waals surface area contributed by atoms with Crippen LogP contribution in [0.4, 0.5) is 0 Å². The normalized spacial score (nSPS) is 14.7. The van der Waals surface area contributed by atoms with Gasteiger partial charge < -0.3 is 10.6 Å². The van der Waals surface area contributed by atoms with E-state index in [1.165, 1.54) is 23.6 Å². The fourth-order valence-electron chi connectivity index (χ4n) is 3.55. The van der Waals surface area contributed by atoms with Crippen LogP contribution in [0.2, 0.25) is 5.02 Å². The molecule has 0 saturated carbocycles. The number of carbonyl (C=O) groups excluding carboxylic acids is 1. The summed E-state index contributed by atoms with van der Waals surface area (Å²) >= 11 is 7.36. The van der Waals surface area contributed by atoms with Crippen LogP contribution in [0.15, 0.2) is 59.1 Å². The number of thiazole rings is 1. The van der Waals surface area contributed by atoms with E-state index in [1.807, 2.05) is 0 Å². The summed E-state index contributed by atoms with van der Waals surface area (Å²) in [5.74, 6) is -0.273. The number of rotatable bonds is 4. The number of hydrogen-bond acceptors (Lipinski definition) is 7. The van der Waals surface area contributed by atoms with Crippen LogP contribution in [0.3, 0.4) is 0 Å². The minimum absolute atomic E-state index is 0.140. The number of nitrogens with two attached hydrogens (primary N) is 1. The average molecular weight is 474 g/mol. The third-order valence-electron chi connectivity index (χ3n) is 5.19. The quantitative estimate of drug-likeness (QED) is 0.487. The molecule has 2 aromatic heterocycles. The highest BCUT2D eigenvalue weighted by atomic mass is 35.5. The van der Waals surface area contributed by atoms with Gasteiger partial charge in [0.2, 0.25) is 5.91 Å². The van der Waals surface area contributed by atoms with Crippen LogP contribution in [-0.4, -0.2) is 33.4 Å². The van der Waals surface area contributed by atoms with Crippen LogP contribution in [0, 0.1) is 0 Å². The molecule has 2 aromatic carbocycles. The maximum absolute atomic E-state index is 13.0. The lowest BCUT2D eigenvalue weighted by Gasteiger charge is -2.20. The second kappa shape index (κ2) is 7.41. The molecule has 31 heavy (non-hydrogen) atoms. The molecule has 1 atom stereocenters. The third-order valence-corrected chi connectivity index (χ3v) is 7.75. The van der Waals surface area contributed by atoms with Gasteiger partial charge in [-0.1, -0.05) is 23.7 Å². The number of aromatic nitrogens is 3. The molecule has 0 spiro atoms. The van der Waals surface area contributed by atoms with Crippen molar-refractivity contribution in [3.63, 3.8) is 0 Å². The van der Waals surface area contributed by atoms with Crippen LogP contribution in [0.5, 0.6) is 0 Å². The Morgan fingerprint density at radius 3 is 2.81 bits per heavy atom. The van der Waals surface area contributed by atoms with Gasteiger partial charge in [-0.15, -0.1) is 11.3 Å². The molecule has 0 unspecified atom stereocenters. The highest BCUT2D eigenvalue weighted by Gasteiger charge is 2.32. The van der Waals surface area contributed by atoms with E-state index in [2.05, 4.69) is 10.1 Å². The number of carbonyl (C=O) groups is 1. The predicted octanol–water partition coefficient (Wildman–Crippen LogP) is 2.93. The summed E-state index contributed by atoms with van der Waals surface area (Å²) in [6.07, 6.45) is 1.46. The largest absolute Gasteiger partial charge is 0.331 e. The molecule has 4 aromatic rings. The summed E-state index contributed by atoms with van der Waals surface area (Å²) in [6.45, 7) is 0.435. The molecular weight excluding hydrogens is 458 g/mol. The van der Waals surface area contributed by atoms with Crippen LogP contribution in [0.25, 0.3) is 10.2 Å². The Balaban J connectivity index is 1.37. The molecule has 3 heterocycles. The van der Waals surface area contributed by atoms with Gasteiger partial charge in [0.15, 0.2) is 0 Å². The second-order valence-corrected chi connectivity index (χ2v) is 10.3. The second-order valence-electron chi connectivity index (χ2n) is 7.19. The van der Waals surface area contributed by atoms with Crippen molar-refractivity contribution in [3.8, 4) is 0 Å². The van der Waals surface area contributed by atoms with Gasteiger partial charge >= 0.3 is 0 Å². The van der Waals surface area contributed by atoms with Crippen molar-refractivity contribution in [1.82, 2.24) is 19.1 Å². The van der Waals surface area contributed by atoms with E-state index in [0.29, 0.717) is 21.8 Å². The Morgan fingerprint density at radius 1 is 1.19 bits per heavy atom. The van der Waals surface area contributed by atoms with Crippen molar-refractivity contribution >= 4 is 49.1 Å². The van der Waals surface area contributed by atoms with Crippen LogP contribution >= 0.6 is 22.9 Å². The van der Waals surface area contributed by atoms with E-state index in [1.54, 1.807) is 46.8 Å². The smallest absolute Gasteiger partial charge is 0.283 e. The molecule has 0 saturated heterocycles. The number of halogens is 1. The van der Waals surface area contributed by atoms with Crippen molar-refractivity contribution in [1.29, 1.82) is 0 Å². The lowest BCUT2D eigenvalue weighted by atomic mass is 10.1. The number of nitrogens with zero attached hydrogens (tertiary/aromatic N) is 4. The van der Waals surface area contributed by atoms with Crippen LogP contribution in [-0.2, 0) is 27.9 Å². The zero-order valence-electron chi connectivity index (χ0n) is 16.0. The Hall–Kier alpha value is -2.79. The van der Waals surface area contributed by atoms with E-state index >= 15 is 0 Å². The first-order valence-electron chi connectivity index (χ1n) is 9.29. The van der Waals surface area contributed by atoms with Crippen molar-refractivity contribution < 1.29 is 13.2 Å². The summed E-state index contributed by atoms with van der Waals surface area (Å²) in [5, 5.41) is 4.75. The molecular formula is C20H16ClN5O3S2. The van der Waals surface area contributed by atoms with E-state index in [0.717, 1.165) is 14.3 Å². The van der Waals surface area contributed by atoms with E-state index in [9.17, 15) is 13.2 Å². The van der Waals surface area contributed by atoms with Gasteiger partial charge in [0.25, 0.3) is 10.0 Å². The van der Waals surface area contributed by atoms with Crippen LogP contribution < -0.4 is 5.73 Å². The van der Waals surface area contributed by atoms with E-state index in [-0.39, 0.29) is 23.9 Å². The van der Waals surface area contributed by atoms with Gasteiger partial charge in [-0.25, -0.2) is 4.98 Å². The van der Waals surface area contributed by atoms with Gasteiger partial charge in [-0.05, 0) is 35.9 Å². The molecule has 5 rings (SSSR count). The summed E-state index contributed by atoms with van der Waals surface area (Å²) in [6, 6.07) is 10.8. The standard InChI is InChI=1S/C20H16ClN5O3S2/c21-14-3-1-2-12(6-14)19(22)20(27)25-8-13-9-26(24-17(13)10-25)31(28,29)15-4-5-16-18(7-15)30-11-23-16/h1-7,9,11,19H,8,10,22H2/t19-/m1/s1. The van der Waals surface area contributed by atoms with Gasteiger partial charge in [-0.3, -0.25) is 4.79 Å². The minimum Gasteiger partial charge on any atom is -0.331 e. The lowest BCUT2D eigenvalue weighted by molar-refractivity contribution is -0.133. The molecule has 8 nitrogen and oxygen atoms in total. The van der Waals surface area contributed by atoms with Gasteiger partial charge in [0, 0.05) is 23.3 Å². The first-order chi connectivity index (χ1) is 14.8.